The number of rotatable bonds is 6. The molecule has 0 spiro atoms. The van der Waals surface area contributed by atoms with Gasteiger partial charge < -0.3 is 15.0 Å². The average Bonchev–Trinajstić information content (AvgIpc) is 3.00. The van der Waals surface area contributed by atoms with Crippen LogP contribution in [0.5, 0.6) is 0 Å². The molecule has 0 aliphatic carbocycles. The van der Waals surface area contributed by atoms with Crippen LogP contribution in [0.1, 0.15) is 10.4 Å². The molecule has 0 saturated heterocycles. The van der Waals surface area contributed by atoms with Crippen LogP contribution in [-0.4, -0.2) is 47.7 Å². The lowest BCUT2D eigenvalue weighted by Gasteiger charge is -2.12. The summed E-state index contributed by atoms with van der Waals surface area (Å²) in [5, 5.41) is -0.237. The monoisotopic (exact) mass is 439 g/mol. The molecule has 3 aromatic rings. The van der Waals surface area contributed by atoms with Crippen molar-refractivity contribution in [3.63, 3.8) is 0 Å². The molecular weight excluding hydrogens is 422 g/mol. The number of ketones is 1. The molecular formula is C16H18ClN7O6. The number of nitrogens with two attached hydrogens (primary N) is 1. The fourth-order valence-corrected chi connectivity index (χ4v) is 3.27. The maximum absolute atomic E-state index is 12.9. The molecule has 3 heterocycles. The number of aryl methyl sites for hydroxylation is 1. The van der Waals surface area contributed by atoms with E-state index in [4.69, 9.17) is 22.1 Å². The van der Waals surface area contributed by atoms with Crippen molar-refractivity contribution in [1.82, 2.24) is 28.2 Å². The van der Waals surface area contributed by atoms with Crippen molar-refractivity contribution in [2.75, 3.05) is 19.5 Å². The van der Waals surface area contributed by atoms with Crippen LogP contribution in [0.3, 0.4) is 0 Å². The van der Waals surface area contributed by atoms with Gasteiger partial charge in [-0.25, -0.2) is 9.59 Å². The van der Waals surface area contributed by atoms with Gasteiger partial charge in [0.25, 0.3) is 11.1 Å². The van der Waals surface area contributed by atoms with Crippen LogP contribution >= 0.6 is 11.6 Å². The van der Waals surface area contributed by atoms with E-state index >= 15 is 0 Å². The molecule has 0 amide bonds. The highest BCUT2D eigenvalue weighted by molar-refractivity contribution is 6.29. The Hall–Kier alpha value is -3.45. The minimum Gasteiger partial charge on any atom is -0.384 e. The van der Waals surface area contributed by atoms with E-state index in [1.165, 1.54) is 21.2 Å². The van der Waals surface area contributed by atoms with Gasteiger partial charge in [-0.1, -0.05) is 0 Å². The predicted molar refractivity (Wildman–Crippen MR) is 107 cm³/mol. The Morgan fingerprint density at radius 2 is 1.83 bits per heavy atom. The molecule has 0 saturated carbocycles. The first-order valence-electron chi connectivity index (χ1n) is 8.56. The van der Waals surface area contributed by atoms with Crippen LogP contribution in [0.25, 0.3) is 11.2 Å². The number of nitrogens with zero attached hydrogens (tertiary/aromatic N) is 5. The van der Waals surface area contributed by atoms with Crippen molar-refractivity contribution < 1.29 is 9.53 Å². The summed E-state index contributed by atoms with van der Waals surface area (Å²) in [5.74, 6) is -1.15. The summed E-state index contributed by atoms with van der Waals surface area (Å²) in [7, 11) is 4.08. The first-order valence-corrected chi connectivity index (χ1v) is 8.94. The van der Waals surface area contributed by atoms with Crippen LogP contribution < -0.4 is 28.2 Å². The molecule has 160 valence electrons. The second-order valence-corrected chi connectivity index (χ2v) is 6.77. The molecule has 0 unspecified atom stereocenters. The number of Topliss-reactive ketones (excluding diaryl/α,β-unsaturated/α-hetero) is 1. The molecule has 0 aliphatic heterocycles. The first-order chi connectivity index (χ1) is 14.1. The Bertz CT molecular complexity index is 1410. The molecule has 30 heavy (non-hydrogen) atoms. The van der Waals surface area contributed by atoms with Crippen molar-refractivity contribution in [2.45, 2.75) is 13.1 Å². The molecule has 3 rings (SSSR count). The minimum atomic E-state index is -0.975. The van der Waals surface area contributed by atoms with E-state index in [0.29, 0.717) is 0 Å². The molecule has 0 radical (unpaired) electrons. The Kier molecular flexibility index (Phi) is 5.50. The Morgan fingerprint density at radius 1 is 1.17 bits per heavy atom. The zero-order valence-electron chi connectivity index (χ0n) is 16.3. The molecule has 0 aromatic carbocycles. The highest BCUT2D eigenvalue weighted by atomic mass is 35.5. The van der Waals surface area contributed by atoms with Gasteiger partial charge in [-0.2, -0.15) is 4.98 Å². The molecule has 0 atom stereocenters. The van der Waals surface area contributed by atoms with Gasteiger partial charge in [-0.15, -0.1) is 0 Å². The number of carbonyl (C=O) groups excluding carboxylic acids is 1. The summed E-state index contributed by atoms with van der Waals surface area (Å²) in [6.07, 6.45) is 0. The fourth-order valence-electron chi connectivity index (χ4n) is 3.05. The van der Waals surface area contributed by atoms with Crippen LogP contribution in [0.15, 0.2) is 19.2 Å². The summed E-state index contributed by atoms with van der Waals surface area (Å²) >= 11 is 6.10. The van der Waals surface area contributed by atoms with E-state index in [9.17, 15) is 24.0 Å². The van der Waals surface area contributed by atoms with E-state index in [1.54, 1.807) is 0 Å². The van der Waals surface area contributed by atoms with Gasteiger partial charge in [-0.05, 0) is 11.6 Å². The topological polar surface area (TPSA) is 169 Å². The van der Waals surface area contributed by atoms with Crippen LogP contribution in [0.2, 0.25) is 5.28 Å². The molecule has 3 aromatic heterocycles. The Balaban J connectivity index is 2.17. The molecule has 3 N–H and O–H groups in total. The van der Waals surface area contributed by atoms with Gasteiger partial charge in [0.15, 0.2) is 16.9 Å². The summed E-state index contributed by atoms with van der Waals surface area (Å²) < 4.78 is 8.91. The maximum Gasteiger partial charge on any atom is 0.332 e. The third kappa shape index (κ3) is 3.27. The quantitative estimate of drug-likeness (QED) is 0.329. The van der Waals surface area contributed by atoms with Crippen LogP contribution in [0, 0.1) is 0 Å². The number of H-pyrrole nitrogens is 1. The van der Waals surface area contributed by atoms with Crippen molar-refractivity contribution in [3.8, 4) is 0 Å². The van der Waals surface area contributed by atoms with Gasteiger partial charge in [0.05, 0.1) is 19.7 Å². The number of hydrogen-bond acceptors (Lipinski definition) is 8. The van der Waals surface area contributed by atoms with Gasteiger partial charge in [0, 0.05) is 21.2 Å². The standard InChI is InChI=1S/C16H18ClN7O6/c1-21-11-9(13(27)22(2)16(21)29)24(14(17)19-11)6-7(25)8-10(18)23(4-5-30-3)15(28)20-12(8)26/h4-6,18H2,1-3H3,(H,20,26,28). The second-order valence-electron chi connectivity index (χ2n) is 6.43. The lowest BCUT2D eigenvalue weighted by molar-refractivity contribution is 0.0971. The summed E-state index contributed by atoms with van der Waals surface area (Å²) in [6, 6.07) is 0. The number of ether oxygens (including phenoxy) is 1. The maximum atomic E-state index is 12.9. The number of aromatic amines is 1. The van der Waals surface area contributed by atoms with E-state index in [1.807, 2.05) is 4.98 Å². The smallest absolute Gasteiger partial charge is 0.332 e. The lowest BCUT2D eigenvalue weighted by Crippen LogP contribution is -2.38. The number of imidazole rings is 1. The van der Waals surface area contributed by atoms with E-state index in [-0.39, 0.29) is 35.4 Å². The van der Waals surface area contributed by atoms with Crippen molar-refractivity contribution >= 4 is 34.4 Å². The number of hydrogen-bond donors (Lipinski definition) is 2. The number of halogens is 1. The number of anilines is 1. The number of carbonyl (C=O) groups is 1. The highest BCUT2D eigenvalue weighted by Crippen LogP contribution is 2.17. The van der Waals surface area contributed by atoms with Crippen LogP contribution in [-0.2, 0) is 31.9 Å². The zero-order valence-corrected chi connectivity index (χ0v) is 17.0. The normalized spacial score (nSPS) is 11.3. The van der Waals surface area contributed by atoms with Gasteiger partial charge in [0.2, 0.25) is 5.28 Å². The average molecular weight is 440 g/mol. The molecule has 0 aliphatic rings. The zero-order chi connectivity index (χ0) is 22.3. The number of nitrogen functional groups attached to an aromatic ring is 1. The SMILES string of the molecule is COCCn1c(N)c(C(=O)Cn2c(Cl)nc3c2c(=O)n(C)c(=O)n3C)c(=O)[nH]c1=O. The van der Waals surface area contributed by atoms with Crippen molar-refractivity contribution in [2.24, 2.45) is 14.1 Å². The molecule has 13 nitrogen and oxygen atoms in total. The second kappa shape index (κ2) is 7.76. The number of methoxy groups -OCH3 is 1. The molecule has 0 bridgehead atoms. The third-order valence-electron chi connectivity index (χ3n) is 4.64. The summed E-state index contributed by atoms with van der Waals surface area (Å²) in [6.45, 7) is -0.444. The lowest BCUT2D eigenvalue weighted by atomic mass is 10.2. The number of fused-ring (bicyclic) bond motifs is 1. The van der Waals surface area contributed by atoms with Gasteiger partial charge >= 0.3 is 11.4 Å². The molecule has 14 heteroatoms. The third-order valence-corrected chi connectivity index (χ3v) is 4.93. The number of nitrogens with one attached hydrogen (secondary N) is 1. The largest absolute Gasteiger partial charge is 0.384 e. The molecule has 0 fully saturated rings. The minimum absolute atomic E-state index is 0.00957. The van der Waals surface area contributed by atoms with Crippen molar-refractivity contribution in [3.05, 3.63) is 52.5 Å². The first kappa shape index (κ1) is 21.3. The fraction of sp³-hybridized carbons (Fsp3) is 0.375. The van der Waals surface area contributed by atoms with Crippen LogP contribution in [0.4, 0.5) is 5.82 Å². The van der Waals surface area contributed by atoms with E-state index < -0.39 is 40.4 Å². The summed E-state index contributed by atoms with van der Waals surface area (Å²) in [5.41, 5.74) is 2.22. The predicted octanol–water partition coefficient (Wildman–Crippen LogP) is -1.95. The Labute approximate surface area is 171 Å². The number of aromatic nitrogens is 6. The highest BCUT2D eigenvalue weighted by Gasteiger charge is 2.24. The van der Waals surface area contributed by atoms with E-state index in [2.05, 4.69) is 4.98 Å². The van der Waals surface area contributed by atoms with Gasteiger partial charge in [-0.3, -0.25) is 33.1 Å². The van der Waals surface area contributed by atoms with Crippen molar-refractivity contribution in [1.29, 1.82) is 0 Å². The summed E-state index contributed by atoms with van der Waals surface area (Å²) in [4.78, 5) is 67.8. The Morgan fingerprint density at radius 3 is 2.47 bits per heavy atom. The van der Waals surface area contributed by atoms with E-state index in [0.717, 1.165) is 18.3 Å². The van der Waals surface area contributed by atoms with Gasteiger partial charge in [0.1, 0.15) is 11.4 Å².